The van der Waals surface area contributed by atoms with E-state index in [9.17, 15) is 32.9 Å². The van der Waals surface area contributed by atoms with E-state index in [-0.39, 0.29) is 5.56 Å². The van der Waals surface area contributed by atoms with Crippen molar-refractivity contribution in [1.82, 2.24) is 0 Å². The Bertz CT molecular complexity index is 908. The molecule has 0 saturated carbocycles. The van der Waals surface area contributed by atoms with Crippen molar-refractivity contribution in [3.63, 3.8) is 0 Å². The number of benzene rings is 1. The number of hydrogen-bond donors (Lipinski definition) is 0. The van der Waals surface area contributed by atoms with Gasteiger partial charge in [-0.15, -0.1) is 0 Å². The van der Waals surface area contributed by atoms with Crippen molar-refractivity contribution in [2.75, 3.05) is 14.2 Å². The van der Waals surface area contributed by atoms with Crippen LogP contribution in [0.25, 0.3) is 5.70 Å². The fourth-order valence-electron chi connectivity index (χ4n) is 2.11. The van der Waals surface area contributed by atoms with E-state index < -0.39 is 48.4 Å². The highest BCUT2D eigenvalue weighted by Gasteiger charge is 2.42. The molecule has 0 bridgehead atoms. The highest BCUT2D eigenvalue weighted by atomic mass is 32.2. The minimum atomic E-state index is -5.00. The van der Waals surface area contributed by atoms with Crippen LogP contribution in [0.2, 0.25) is 0 Å². The molecule has 1 aliphatic rings. The van der Waals surface area contributed by atoms with Crippen LogP contribution in [0.4, 0.5) is 13.2 Å². The fourth-order valence-corrected chi connectivity index (χ4v) is 4.65. The molecule has 0 N–H and O–H groups in total. The van der Waals surface area contributed by atoms with Crippen molar-refractivity contribution in [1.29, 1.82) is 0 Å². The highest BCUT2D eigenvalue weighted by molar-refractivity contribution is 8.29. The number of alkyl halides is 3. The van der Waals surface area contributed by atoms with Crippen molar-refractivity contribution in [3.8, 4) is 0 Å². The summed E-state index contributed by atoms with van der Waals surface area (Å²) in [6.07, 6.45) is -4.63. The van der Waals surface area contributed by atoms with Crippen LogP contribution < -0.4 is 0 Å². The number of nitrogens with zero attached hydrogens (tertiary/aromatic N) is 1. The molecular formula is C17H12F3NO6S2. The summed E-state index contributed by atoms with van der Waals surface area (Å²) in [5.74, 6) is -2.05. The molecule has 29 heavy (non-hydrogen) atoms. The van der Waals surface area contributed by atoms with Crippen LogP contribution in [0, 0.1) is 10.1 Å². The highest BCUT2D eigenvalue weighted by Crippen LogP contribution is 2.54. The van der Waals surface area contributed by atoms with Gasteiger partial charge in [-0.25, -0.2) is 9.59 Å². The first-order valence-corrected chi connectivity index (χ1v) is 9.23. The fraction of sp³-hybridized carbons (Fsp3) is 0.176. The summed E-state index contributed by atoms with van der Waals surface area (Å²) < 4.78 is 49.6. The van der Waals surface area contributed by atoms with Crippen LogP contribution in [-0.4, -0.2) is 37.3 Å². The average molecular weight is 447 g/mol. The third kappa shape index (κ3) is 5.21. The molecule has 0 fully saturated rings. The van der Waals surface area contributed by atoms with E-state index in [0.717, 1.165) is 14.2 Å². The number of methoxy groups -OCH3 is 2. The van der Waals surface area contributed by atoms with Crippen molar-refractivity contribution < 1.29 is 37.2 Å². The molecule has 0 radical (unpaired) electrons. The van der Waals surface area contributed by atoms with Gasteiger partial charge in [-0.1, -0.05) is 41.7 Å². The molecule has 12 heteroatoms. The number of rotatable bonds is 5. The zero-order valence-electron chi connectivity index (χ0n) is 14.8. The first kappa shape index (κ1) is 22.6. The molecule has 0 unspecified atom stereocenters. The van der Waals surface area contributed by atoms with E-state index in [2.05, 4.69) is 9.47 Å². The van der Waals surface area contributed by atoms with E-state index in [1.165, 1.54) is 24.3 Å². The Morgan fingerprint density at radius 1 is 1.03 bits per heavy atom. The van der Waals surface area contributed by atoms with Gasteiger partial charge < -0.3 is 9.47 Å². The Kier molecular flexibility index (Phi) is 7.14. The minimum absolute atomic E-state index is 0.0396. The normalized spacial score (nSPS) is 14.7. The third-order valence-electron chi connectivity index (χ3n) is 3.41. The molecule has 154 valence electrons. The number of hydrogen-bond acceptors (Lipinski definition) is 8. The maximum absolute atomic E-state index is 13.7. The molecule has 2 rings (SSSR count). The lowest BCUT2D eigenvalue weighted by atomic mass is 10.1. The molecule has 0 atom stereocenters. The number of carbonyl (C=O) groups excluding carboxylic acids is 2. The van der Waals surface area contributed by atoms with Gasteiger partial charge in [0.2, 0.25) is 0 Å². The SMILES string of the molecule is COC(=O)C1=C(C(=O)OC)SC(=C(/C=C(/c2ccccc2)[N+](=O)[O-])C(F)(F)F)S1. The van der Waals surface area contributed by atoms with E-state index in [4.69, 9.17) is 0 Å². The smallest absolute Gasteiger partial charge is 0.418 e. The predicted octanol–water partition coefficient (Wildman–Crippen LogP) is 4.12. The first-order valence-electron chi connectivity index (χ1n) is 7.59. The third-order valence-corrected chi connectivity index (χ3v) is 6.00. The molecule has 0 amide bonds. The van der Waals surface area contributed by atoms with Gasteiger partial charge in [-0.05, 0) is 12.1 Å². The van der Waals surface area contributed by atoms with Crippen LogP contribution >= 0.6 is 23.5 Å². The number of thioether (sulfide) groups is 2. The number of halogens is 3. The second-order valence-electron chi connectivity index (χ2n) is 5.20. The molecule has 0 aromatic heterocycles. The number of carbonyl (C=O) groups is 2. The van der Waals surface area contributed by atoms with Gasteiger partial charge in [-0.2, -0.15) is 13.2 Å². The minimum Gasteiger partial charge on any atom is -0.465 e. The maximum atomic E-state index is 13.7. The summed E-state index contributed by atoms with van der Waals surface area (Å²) in [6, 6.07) is 7.03. The van der Waals surface area contributed by atoms with Crippen LogP contribution in [-0.2, 0) is 19.1 Å². The standard InChI is InChI=1S/C17H12F3NO6S2/c1-26-14(22)12-13(15(23)27-2)29-16(28-12)10(17(18,19)20)8-11(21(24)25)9-6-4-3-5-7-9/h3-8H,1-2H3/b11-8-. The predicted molar refractivity (Wildman–Crippen MR) is 101 cm³/mol. The second-order valence-corrected chi connectivity index (χ2v) is 7.50. The molecule has 1 aromatic rings. The van der Waals surface area contributed by atoms with Gasteiger partial charge in [0, 0.05) is 6.08 Å². The van der Waals surface area contributed by atoms with Crippen molar-refractivity contribution in [2.45, 2.75) is 6.18 Å². The van der Waals surface area contributed by atoms with E-state index in [1.807, 2.05) is 0 Å². The number of ether oxygens (including phenoxy) is 2. The molecule has 0 aliphatic carbocycles. The average Bonchev–Trinajstić information content (AvgIpc) is 3.11. The molecule has 7 nitrogen and oxygen atoms in total. The van der Waals surface area contributed by atoms with Gasteiger partial charge in [0.25, 0.3) is 5.70 Å². The summed E-state index contributed by atoms with van der Waals surface area (Å²) in [4.78, 5) is 33.4. The van der Waals surface area contributed by atoms with Gasteiger partial charge in [0.05, 0.1) is 34.5 Å². The van der Waals surface area contributed by atoms with Crippen LogP contribution in [0.3, 0.4) is 0 Å². The lowest BCUT2D eigenvalue weighted by Gasteiger charge is -2.11. The van der Waals surface area contributed by atoms with Crippen molar-refractivity contribution >= 4 is 41.2 Å². The maximum Gasteiger partial charge on any atom is 0.418 e. The lowest BCUT2D eigenvalue weighted by molar-refractivity contribution is -0.375. The zero-order valence-corrected chi connectivity index (χ0v) is 16.4. The van der Waals surface area contributed by atoms with E-state index in [0.29, 0.717) is 29.6 Å². The summed E-state index contributed by atoms with van der Waals surface area (Å²) in [7, 11) is 2.00. The lowest BCUT2D eigenvalue weighted by Crippen LogP contribution is -2.13. The summed E-state index contributed by atoms with van der Waals surface area (Å²) in [6.45, 7) is 0. The Balaban J connectivity index is 2.64. The summed E-state index contributed by atoms with van der Waals surface area (Å²) in [5, 5.41) is 11.4. The topological polar surface area (TPSA) is 95.7 Å². The van der Waals surface area contributed by atoms with Crippen LogP contribution in [0.15, 0.2) is 56.0 Å². The molecule has 0 spiro atoms. The van der Waals surface area contributed by atoms with Gasteiger partial charge in [0.15, 0.2) is 0 Å². The molecular weight excluding hydrogens is 435 g/mol. The van der Waals surface area contributed by atoms with Crippen LogP contribution in [0.1, 0.15) is 5.56 Å². The number of nitro groups is 1. The first-order chi connectivity index (χ1) is 13.6. The summed E-state index contributed by atoms with van der Waals surface area (Å²) in [5.41, 5.74) is -2.21. The Morgan fingerprint density at radius 2 is 1.52 bits per heavy atom. The molecule has 1 aromatic carbocycles. The van der Waals surface area contributed by atoms with Crippen LogP contribution in [0.5, 0.6) is 0 Å². The summed E-state index contributed by atoms with van der Waals surface area (Å²) >= 11 is 0.677. The number of esters is 2. The zero-order chi connectivity index (χ0) is 21.8. The number of allylic oxidation sites excluding steroid dienone is 2. The second kappa shape index (κ2) is 9.18. The largest absolute Gasteiger partial charge is 0.465 e. The van der Waals surface area contributed by atoms with Crippen molar-refractivity contribution in [2.24, 2.45) is 0 Å². The van der Waals surface area contributed by atoms with E-state index in [1.54, 1.807) is 6.07 Å². The molecule has 0 saturated heterocycles. The quantitative estimate of drug-likeness (QED) is 0.378. The Hall–Kier alpha value is -2.73. The Labute approximate surface area is 170 Å². The van der Waals surface area contributed by atoms with Gasteiger partial charge in [0.1, 0.15) is 9.81 Å². The monoisotopic (exact) mass is 447 g/mol. The Morgan fingerprint density at radius 3 is 1.90 bits per heavy atom. The molecule has 1 heterocycles. The molecule has 1 aliphatic heterocycles. The van der Waals surface area contributed by atoms with Gasteiger partial charge >= 0.3 is 18.1 Å². The van der Waals surface area contributed by atoms with E-state index >= 15 is 0 Å². The van der Waals surface area contributed by atoms with Gasteiger partial charge in [-0.3, -0.25) is 10.1 Å². The van der Waals surface area contributed by atoms with Crippen molar-refractivity contribution in [3.05, 3.63) is 71.7 Å².